The van der Waals surface area contributed by atoms with E-state index in [4.69, 9.17) is 4.74 Å². The van der Waals surface area contributed by atoms with Crippen LogP contribution in [0.1, 0.15) is 239 Å². The van der Waals surface area contributed by atoms with Crippen molar-refractivity contribution in [3.63, 3.8) is 0 Å². The smallest absolute Gasteiger partial charge is 0.306 e. The van der Waals surface area contributed by atoms with Gasteiger partial charge in [0.25, 0.3) is 0 Å². The Labute approximate surface area is 341 Å². The first kappa shape index (κ1) is 53.1. The lowest BCUT2D eigenvalue weighted by Crippen LogP contribution is -2.46. The lowest BCUT2D eigenvalue weighted by molar-refractivity contribution is -0.151. The van der Waals surface area contributed by atoms with Crippen LogP contribution in [0.2, 0.25) is 0 Å². The molecule has 0 aliphatic carbocycles. The number of carbonyl (C=O) groups is 2. The highest BCUT2D eigenvalue weighted by atomic mass is 16.5. The van der Waals surface area contributed by atoms with Crippen LogP contribution in [0, 0.1) is 0 Å². The fourth-order valence-corrected chi connectivity index (χ4v) is 7.05. The third kappa shape index (κ3) is 38.7. The van der Waals surface area contributed by atoms with Crippen molar-refractivity contribution in [3.05, 3.63) is 36.5 Å². The van der Waals surface area contributed by atoms with Gasteiger partial charge in [0.05, 0.1) is 25.2 Å². The van der Waals surface area contributed by atoms with Crippen LogP contribution < -0.4 is 5.32 Å². The van der Waals surface area contributed by atoms with E-state index in [1.54, 1.807) is 0 Å². The average molecular weight is 774 g/mol. The minimum Gasteiger partial charge on any atom is -0.462 e. The molecule has 0 rings (SSSR count). The number of aliphatic hydroxyl groups is 2. The minimum atomic E-state index is -0.787. The Hall–Kier alpha value is -1.92. The van der Waals surface area contributed by atoms with Crippen LogP contribution in [-0.2, 0) is 14.3 Å². The molecule has 0 heterocycles. The van der Waals surface area contributed by atoms with Crippen molar-refractivity contribution in [1.82, 2.24) is 5.32 Å². The number of amides is 1. The van der Waals surface area contributed by atoms with Gasteiger partial charge in [0.2, 0.25) is 5.91 Å². The molecule has 0 saturated carbocycles. The number of rotatable bonds is 42. The number of esters is 1. The topological polar surface area (TPSA) is 95.9 Å². The Bertz CT molecular complexity index is 915. The summed E-state index contributed by atoms with van der Waals surface area (Å²) < 4.78 is 5.90. The highest BCUT2D eigenvalue weighted by molar-refractivity contribution is 5.77. The van der Waals surface area contributed by atoms with Crippen LogP contribution in [-0.4, -0.2) is 46.9 Å². The van der Waals surface area contributed by atoms with Gasteiger partial charge in [-0.25, -0.2) is 0 Å². The minimum absolute atomic E-state index is 0.0701. The first-order valence-corrected chi connectivity index (χ1v) is 23.7. The second-order valence-electron chi connectivity index (χ2n) is 16.2. The van der Waals surface area contributed by atoms with Crippen molar-refractivity contribution in [2.24, 2.45) is 0 Å². The van der Waals surface area contributed by atoms with E-state index >= 15 is 0 Å². The van der Waals surface area contributed by atoms with Gasteiger partial charge >= 0.3 is 5.97 Å². The Kier molecular flexibility index (Phi) is 41.7. The predicted octanol–water partition coefficient (Wildman–Crippen LogP) is 13.7. The van der Waals surface area contributed by atoms with Gasteiger partial charge in [-0.1, -0.05) is 186 Å². The first-order valence-electron chi connectivity index (χ1n) is 23.7. The lowest BCUT2D eigenvalue weighted by atomic mass is 10.0. The highest BCUT2D eigenvalue weighted by Gasteiger charge is 2.24. The van der Waals surface area contributed by atoms with Gasteiger partial charge in [-0.3, -0.25) is 9.59 Å². The molecule has 0 spiro atoms. The van der Waals surface area contributed by atoms with Crippen LogP contribution in [0.5, 0.6) is 0 Å². The summed E-state index contributed by atoms with van der Waals surface area (Å²) in [5, 5.41) is 23.6. The molecule has 0 fully saturated rings. The van der Waals surface area contributed by atoms with E-state index in [1.807, 2.05) is 0 Å². The summed E-state index contributed by atoms with van der Waals surface area (Å²) >= 11 is 0. The molecule has 3 atom stereocenters. The number of hydrogen-bond acceptors (Lipinski definition) is 5. The quantitative estimate of drug-likeness (QED) is 0.0326. The van der Waals surface area contributed by atoms with Gasteiger partial charge in [0, 0.05) is 6.42 Å². The van der Waals surface area contributed by atoms with Crippen LogP contribution in [0.25, 0.3) is 0 Å². The number of aliphatic hydroxyl groups excluding tert-OH is 2. The number of unbranched alkanes of at least 4 members (excludes halogenated alkanes) is 24. The van der Waals surface area contributed by atoms with E-state index in [9.17, 15) is 19.8 Å². The molecular weight excluding hydrogens is 683 g/mol. The molecule has 0 saturated heterocycles. The molecule has 0 bridgehead atoms. The molecule has 0 aromatic carbocycles. The molecule has 6 nitrogen and oxygen atoms in total. The predicted molar refractivity (Wildman–Crippen MR) is 236 cm³/mol. The third-order valence-electron chi connectivity index (χ3n) is 10.7. The molecule has 6 heteroatoms. The molecule has 3 N–H and O–H groups in total. The van der Waals surface area contributed by atoms with Crippen LogP contribution >= 0.6 is 0 Å². The van der Waals surface area contributed by atoms with Crippen molar-refractivity contribution in [1.29, 1.82) is 0 Å². The molecule has 55 heavy (non-hydrogen) atoms. The Morgan fingerprint density at radius 1 is 0.527 bits per heavy atom. The third-order valence-corrected chi connectivity index (χ3v) is 10.7. The van der Waals surface area contributed by atoms with E-state index in [2.05, 4.69) is 62.5 Å². The summed E-state index contributed by atoms with van der Waals surface area (Å²) in [5.41, 5.74) is 0. The maximum absolute atomic E-state index is 13.1. The Morgan fingerprint density at radius 3 is 1.51 bits per heavy atom. The number of nitrogens with one attached hydrogen (secondary N) is 1. The zero-order valence-electron chi connectivity index (χ0n) is 36.6. The van der Waals surface area contributed by atoms with Crippen molar-refractivity contribution in [2.75, 3.05) is 6.61 Å². The van der Waals surface area contributed by atoms with Crippen LogP contribution in [0.4, 0.5) is 0 Å². The standard InChI is InChI=1S/C49H91NO5/c1-4-7-10-13-16-19-21-22-23-24-25-26-27-29-31-34-37-40-45(55-49(54)42-39-36-33-30-20-17-14-11-8-5-2)43-48(53)50-46(44-51)47(52)41-38-35-32-28-18-15-12-9-6-3/h11,14,16,19,22-23,45-47,51-52H,4-10,12-13,15,17-18,20-21,24-44H2,1-3H3,(H,50,53)/b14-11-,19-16-,23-22-. The SMILES string of the molecule is CCC/C=C\CCCCCCCC(=O)OC(CCCCCCCCC/C=C\C/C=C\CCCCC)CC(=O)NC(CO)C(O)CCCCCCCCCCC. The van der Waals surface area contributed by atoms with Gasteiger partial charge in [-0.05, 0) is 77.0 Å². The highest BCUT2D eigenvalue weighted by Crippen LogP contribution is 2.17. The molecule has 322 valence electrons. The number of allylic oxidation sites excluding steroid dienone is 6. The molecule has 0 aliphatic heterocycles. The van der Waals surface area contributed by atoms with Crippen molar-refractivity contribution >= 4 is 11.9 Å². The van der Waals surface area contributed by atoms with Crippen LogP contribution in [0.15, 0.2) is 36.5 Å². The molecular formula is C49H91NO5. The molecule has 0 aromatic heterocycles. The fourth-order valence-electron chi connectivity index (χ4n) is 7.05. The summed E-state index contributed by atoms with van der Waals surface area (Å²) in [7, 11) is 0. The molecule has 0 aliphatic rings. The number of ether oxygens (including phenoxy) is 1. The molecule has 3 unspecified atom stereocenters. The van der Waals surface area contributed by atoms with E-state index in [0.717, 1.165) is 83.5 Å². The molecule has 0 aromatic rings. The molecule has 1 amide bonds. The summed E-state index contributed by atoms with van der Waals surface area (Å²) in [4.78, 5) is 26.0. The Morgan fingerprint density at radius 2 is 0.964 bits per heavy atom. The summed E-state index contributed by atoms with van der Waals surface area (Å²) in [6.45, 7) is 6.37. The second-order valence-corrected chi connectivity index (χ2v) is 16.2. The van der Waals surface area contributed by atoms with E-state index in [1.165, 1.54) is 109 Å². The van der Waals surface area contributed by atoms with Gasteiger partial charge < -0.3 is 20.3 Å². The van der Waals surface area contributed by atoms with Crippen molar-refractivity contribution in [2.45, 2.75) is 257 Å². The lowest BCUT2D eigenvalue weighted by Gasteiger charge is -2.24. The summed E-state index contributed by atoms with van der Waals surface area (Å²) in [5.74, 6) is -0.491. The monoisotopic (exact) mass is 774 g/mol. The van der Waals surface area contributed by atoms with E-state index < -0.39 is 18.2 Å². The van der Waals surface area contributed by atoms with Crippen molar-refractivity contribution < 1.29 is 24.5 Å². The number of carbonyl (C=O) groups excluding carboxylic acids is 2. The fraction of sp³-hybridized carbons (Fsp3) is 0.837. The zero-order valence-corrected chi connectivity index (χ0v) is 36.6. The van der Waals surface area contributed by atoms with Gasteiger partial charge in [0.15, 0.2) is 0 Å². The molecule has 0 radical (unpaired) electrons. The van der Waals surface area contributed by atoms with E-state index in [0.29, 0.717) is 19.3 Å². The van der Waals surface area contributed by atoms with Gasteiger partial charge in [-0.2, -0.15) is 0 Å². The second kappa shape index (κ2) is 43.2. The Balaban J connectivity index is 4.59. The zero-order chi connectivity index (χ0) is 40.3. The number of hydrogen-bond donors (Lipinski definition) is 3. The van der Waals surface area contributed by atoms with Gasteiger partial charge in [-0.15, -0.1) is 0 Å². The summed E-state index contributed by atoms with van der Waals surface area (Å²) in [6.07, 6.45) is 49.2. The summed E-state index contributed by atoms with van der Waals surface area (Å²) in [6, 6.07) is -0.701. The first-order chi connectivity index (χ1) is 27.0. The average Bonchev–Trinajstić information content (AvgIpc) is 3.18. The largest absolute Gasteiger partial charge is 0.462 e. The maximum Gasteiger partial charge on any atom is 0.306 e. The van der Waals surface area contributed by atoms with Crippen molar-refractivity contribution in [3.8, 4) is 0 Å². The van der Waals surface area contributed by atoms with Crippen LogP contribution in [0.3, 0.4) is 0 Å². The van der Waals surface area contributed by atoms with E-state index in [-0.39, 0.29) is 24.9 Å². The van der Waals surface area contributed by atoms with Gasteiger partial charge in [0.1, 0.15) is 6.10 Å². The maximum atomic E-state index is 13.1. The normalized spacial score (nSPS) is 13.6.